The van der Waals surface area contributed by atoms with Crippen LogP contribution >= 0.6 is 23.2 Å². The van der Waals surface area contributed by atoms with Gasteiger partial charge in [-0.25, -0.2) is 0 Å². The summed E-state index contributed by atoms with van der Waals surface area (Å²) < 4.78 is 0. The minimum absolute atomic E-state index is 0.102. The molecule has 0 aliphatic carbocycles. The van der Waals surface area contributed by atoms with Gasteiger partial charge in [-0.3, -0.25) is 10.1 Å². The van der Waals surface area contributed by atoms with E-state index < -0.39 is 4.92 Å². The Morgan fingerprint density at radius 1 is 1.41 bits per heavy atom. The molecule has 1 unspecified atom stereocenters. The highest BCUT2D eigenvalue weighted by atomic mass is 35.5. The number of nitrogens with one attached hydrogen (secondary N) is 2. The molecular weight excluding hydrogens is 265 g/mol. The van der Waals surface area contributed by atoms with Crippen LogP contribution in [0.2, 0.25) is 10.0 Å². The molecule has 0 aromatic heterocycles. The van der Waals surface area contributed by atoms with Crippen molar-refractivity contribution in [2.45, 2.75) is 12.5 Å². The predicted octanol–water partition coefficient (Wildman–Crippen LogP) is 2.68. The second kappa shape index (κ2) is 5.08. The Morgan fingerprint density at radius 3 is 2.53 bits per heavy atom. The molecule has 1 saturated heterocycles. The number of benzene rings is 1. The lowest BCUT2D eigenvalue weighted by Crippen LogP contribution is -2.22. The van der Waals surface area contributed by atoms with Crippen LogP contribution in [0.3, 0.4) is 0 Å². The first-order valence-electron chi connectivity index (χ1n) is 5.18. The van der Waals surface area contributed by atoms with Crippen LogP contribution in [0.25, 0.3) is 0 Å². The summed E-state index contributed by atoms with van der Waals surface area (Å²) in [6.45, 7) is 1.78. The number of nitro benzene ring substituents is 1. The lowest BCUT2D eigenvalue weighted by atomic mass is 10.2. The van der Waals surface area contributed by atoms with Crippen molar-refractivity contribution in [3.05, 3.63) is 32.3 Å². The van der Waals surface area contributed by atoms with E-state index in [0.29, 0.717) is 5.69 Å². The zero-order valence-electron chi connectivity index (χ0n) is 8.87. The quantitative estimate of drug-likeness (QED) is 0.658. The van der Waals surface area contributed by atoms with E-state index in [9.17, 15) is 10.1 Å². The Morgan fingerprint density at radius 2 is 2.06 bits per heavy atom. The maximum Gasteiger partial charge on any atom is 0.272 e. The average molecular weight is 276 g/mol. The lowest BCUT2D eigenvalue weighted by molar-refractivity contribution is -0.384. The van der Waals surface area contributed by atoms with E-state index in [1.54, 1.807) is 0 Å². The highest BCUT2D eigenvalue weighted by Crippen LogP contribution is 2.35. The standard InChI is InChI=1S/C10H11Cl2N3O2/c11-8-3-7(15(16)17)4-9(12)10(8)14-6-1-2-13-5-6/h3-4,6,13-14H,1-2,5H2. The van der Waals surface area contributed by atoms with Crippen LogP contribution in [0.15, 0.2) is 12.1 Å². The Balaban J connectivity index is 2.24. The number of hydrogen-bond acceptors (Lipinski definition) is 4. The first kappa shape index (κ1) is 12.4. The Bertz CT molecular complexity index is 424. The van der Waals surface area contributed by atoms with Crippen molar-refractivity contribution in [1.82, 2.24) is 5.32 Å². The topological polar surface area (TPSA) is 67.2 Å². The number of nitrogens with zero attached hydrogens (tertiary/aromatic N) is 1. The summed E-state index contributed by atoms with van der Waals surface area (Å²) in [5.41, 5.74) is 0.461. The Hall–Kier alpha value is -1.04. The monoisotopic (exact) mass is 275 g/mol. The summed E-state index contributed by atoms with van der Waals surface area (Å²) >= 11 is 12.0. The van der Waals surface area contributed by atoms with Crippen LogP contribution in [0.5, 0.6) is 0 Å². The molecule has 1 atom stereocenters. The molecule has 0 bridgehead atoms. The molecule has 7 heteroatoms. The Kier molecular flexibility index (Phi) is 3.71. The van der Waals surface area contributed by atoms with Gasteiger partial charge in [-0.2, -0.15) is 0 Å². The first-order chi connectivity index (χ1) is 8.08. The van der Waals surface area contributed by atoms with E-state index in [0.717, 1.165) is 19.5 Å². The molecule has 2 rings (SSSR count). The van der Waals surface area contributed by atoms with E-state index in [1.165, 1.54) is 12.1 Å². The molecule has 1 aromatic rings. The minimum Gasteiger partial charge on any atom is -0.379 e. The normalized spacial score (nSPS) is 19.3. The molecule has 5 nitrogen and oxygen atoms in total. The van der Waals surface area contributed by atoms with Crippen LogP contribution in [0, 0.1) is 10.1 Å². The molecular formula is C10H11Cl2N3O2. The van der Waals surface area contributed by atoms with Gasteiger partial charge in [0.1, 0.15) is 0 Å². The Labute approximate surface area is 108 Å². The molecule has 2 N–H and O–H groups in total. The molecule has 1 fully saturated rings. The fourth-order valence-corrected chi connectivity index (χ4v) is 2.37. The van der Waals surface area contributed by atoms with Crippen molar-refractivity contribution >= 4 is 34.6 Å². The highest BCUT2D eigenvalue weighted by molar-refractivity contribution is 6.39. The number of nitro groups is 1. The molecule has 1 heterocycles. The fraction of sp³-hybridized carbons (Fsp3) is 0.400. The summed E-state index contributed by atoms with van der Waals surface area (Å²) in [5.74, 6) is 0. The third kappa shape index (κ3) is 2.80. The van der Waals surface area contributed by atoms with Crippen molar-refractivity contribution in [3.8, 4) is 0 Å². The predicted molar refractivity (Wildman–Crippen MR) is 68.0 cm³/mol. The van der Waals surface area contributed by atoms with Gasteiger partial charge in [-0.1, -0.05) is 23.2 Å². The summed E-state index contributed by atoms with van der Waals surface area (Å²) in [5, 5.41) is 17.6. The van der Waals surface area contributed by atoms with Gasteiger partial charge < -0.3 is 10.6 Å². The molecule has 1 aromatic carbocycles. The third-order valence-corrected chi connectivity index (χ3v) is 3.24. The van der Waals surface area contributed by atoms with Gasteiger partial charge in [-0.05, 0) is 13.0 Å². The summed E-state index contributed by atoms with van der Waals surface area (Å²) in [6, 6.07) is 2.86. The minimum atomic E-state index is -0.515. The molecule has 1 aliphatic heterocycles. The van der Waals surface area contributed by atoms with E-state index in [2.05, 4.69) is 10.6 Å². The number of anilines is 1. The fourth-order valence-electron chi connectivity index (χ4n) is 1.79. The summed E-state index contributed by atoms with van der Waals surface area (Å²) in [4.78, 5) is 10.1. The second-order valence-corrected chi connectivity index (χ2v) is 4.69. The van der Waals surface area contributed by atoms with Crippen molar-refractivity contribution in [2.24, 2.45) is 0 Å². The summed E-state index contributed by atoms with van der Waals surface area (Å²) in [6.07, 6.45) is 0.976. The zero-order chi connectivity index (χ0) is 12.4. The van der Waals surface area contributed by atoms with Crippen LogP contribution in [-0.4, -0.2) is 24.1 Å². The maximum atomic E-state index is 10.6. The van der Waals surface area contributed by atoms with Crippen LogP contribution in [-0.2, 0) is 0 Å². The maximum absolute atomic E-state index is 10.6. The number of rotatable bonds is 3. The van der Waals surface area contributed by atoms with E-state index in [1.807, 2.05) is 0 Å². The van der Waals surface area contributed by atoms with Crippen LogP contribution in [0.4, 0.5) is 11.4 Å². The second-order valence-electron chi connectivity index (χ2n) is 3.88. The molecule has 0 amide bonds. The van der Waals surface area contributed by atoms with Gasteiger partial charge in [0, 0.05) is 24.7 Å². The largest absolute Gasteiger partial charge is 0.379 e. The van der Waals surface area contributed by atoms with Gasteiger partial charge in [-0.15, -0.1) is 0 Å². The molecule has 0 saturated carbocycles. The highest BCUT2D eigenvalue weighted by Gasteiger charge is 2.19. The van der Waals surface area contributed by atoms with Gasteiger partial charge in [0.15, 0.2) is 0 Å². The average Bonchev–Trinajstić information content (AvgIpc) is 2.75. The van der Waals surface area contributed by atoms with Crippen molar-refractivity contribution in [3.63, 3.8) is 0 Å². The van der Waals surface area contributed by atoms with Crippen molar-refractivity contribution in [2.75, 3.05) is 18.4 Å². The number of non-ortho nitro benzene ring substituents is 1. The first-order valence-corrected chi connectivity index (χ1v) is 5.94. The summed E-state index contributed by atoms with van der Waals surface area (Å²) in [7, 11) is 0. The SMILES string of the molecule is O=[N+]([O-])c1cc(Cl)c(NC2CCNC2)c(Cl)c1. The van der Waals surface area contributed by atoms with Gasteiger partial charge in [0.2, 0.25) is 0 Å². The van der Waals surface area contributed by atoms with Crippen LogP contribution in [0.1, 0.15) is 6.42 Å². The van der Waals surface area contributed by atoms with Gasteiger partial charge >= 0.3 is 0 Å². The molecule has 1 aliphatic rings. The van der Waals surface area contributed by atoms with E-state index in [4.69, 9.17) is 23.2 Å². The smallest absolute Gasteiger partial charge is 0.272 e. The molecule has 92 valence electrons. The molecule has 17 heavy (non-hydrogen) atoms. The molecule has 0 spiro atoms. The van der Waals surface area contributed by atoms with Crippen molar-refractivity contribution in [1.29, 1.82) is 0 Å². The van der Waals surface area contributed by atoms with E-state index >= 15 is 0 Å². The number of halogens is 2. The third-order valence-electron chi connectivity index (χ3n) is 2.65. The van der Waals surface area contributed by atoms with E-state index in [-0.39, 0.29) is 21.8 Å². The molecule has 0 radical (unpaired) electrons. The van der Waals surface area contributed by atoms with Gasteiger partial charge in [0.25, 0.3) is 5.69 Å². The van der Waals surface area contributed by atoms with Gasteiger partial charge in [0.05, 0.1) is 20.7 Å². The van der Waals surface area contributed by atoms with Crippen molar-refractivity contribution < 1.29 is 4.92 Å². The lowest BCUT2D eigenvalue weighted by Gasteiger charge is -2.15. The van der Waals surface area contributed by atoms with Crippen LogP contribution < -0.4 is 10.6 Å². The number of hydrogen-bond donors (Lipinski definition) is 2. The zero-order valence-corrected chi connectivity index (χ0v) is 10.4.